The fraction of sp³-hybridized carbons (Fsp3) is 0.533. The van der Waals surface area contributed by atoms with Gasteiger partial charge in [0, 0.05) is 24.5 Å². The van der Waals surface area contributed by atoms with Crippen LogP contribution in [0, 0.1) is 0 Å². The van der Waals surface area contributed by atoms with Crippen molar-refractivity contribution in [2.45, 2.75) is 37.8 Å². The molecule has 0 saturated heterocycles. The topological polar surface area (TPSA) is 59.6 Å². The second-order valence-corrected chi connectivity index (χ2v) is 5.06. The van der Waals surface area contributed by atoms with Gasteiger partial charge < -0.3 is 14.8 Å². The third-order valence-corrected chi connectivity index (χ3v) is 3.65. The zero-order valence-electron chi connectivity index (χ0n) is 12.0. The van der Waals surface area contributed by atoms with Gasteiger partial charge in [0.25, 0.3) is 0 Å². The van der Waals surface area contributed by atoms with Crippen LogP contribution in [0.3, 0.4) is 0 Å². The van der Waals surface area contributed by atoms with Crippen molar-refractivity contribution in [3.63, 3.8) is 0 Å². The number of hydrogen-bond donors (Lipinski definition) is 2. The SMILES string of the molecule is COC(=O)Nc1ccc(NC2CCCC(OC)C2)cc1. The lowest BCUT2D eigenvalue weighted by atomic mass is 9.92. The minimum Gasteiger partial charge on any atom is -0.453 e. The van der Waals surface area contributed by atoms with Gasteiger partial charge in [-0.1, -0.05) is 0 Å². The molecule has 2 rings (SSSR count). The molecule has 0 bridgehead atoms. The van der Waals surface area contributed by atoms with Crippen molar-refractivity contribution in [1.29, 1.82) is 0 Å². The molecule has 1 aliphatic carbocycles. The maximum absolute atomic E-state index is 11.1. The molecule has 0 spiro atoms. The quantitative estimate of drug-likeness (QED) is 0.887. The first-order valence-electron chi connectivity index (χ1n) is 6.95. The zero-order valence-corrected chi connectivity index (χ0v) is 12.0. The van der Waals surface area contributed by atoms with Gasteiger partial charge >= 0.3 is 6.09 Å². The van der Waals surface area contributed by atoms with Gasteiger partial charge in [0.1, 0.15) is 0 Å². The summed E-state index contributed by atoms with van der Waals surface area (Å²) in [6, 6.07) is 8.09. The third kappa shape index (κ3) is 4.13. The van der Waals surface area contributed by atoms with Gasteiger partial charge in [-0.15, -0.1) is 0 Å². The predicted molar refractivity (Wildman–Crippen MR) is 79.1 cm³/mol. The molecule has 110 valence electrons. The summed E-state index contributed by atoms with van der Waals surface area (Å²) < 4.78 is 9.98. The van der Waals surface area contributed by atoms with Gasteiger partial charge in [0.05, 0.1) is 13.2 Å². The standard InChI is InChI=1S/C15H22N2O3/c1-19-14-5-3-4-13(10-14)16-11-6-8-12(9-7-11)17-15(18)20-2/h6-9,13-14,16H,3-5,10H2,1-2H3,(H,17,18). The summed E-state index contributed by atoms with van der Waals surface area (Å²) in [5, 5.41) is 6.15. The molecule has 2 unspecified atom stereocenters. The van der Waals surface area contributed by atoms with Crippen LogP contribution in [0.4, 0.5) is 16.2 Å². The Kier molecular flexibility index (Phi) is 5.24. The second kappa shape index (κ2) is 7.14. The molecular formula is C15H22N2O3. The number of anilines is 2. The Morgan fingerprint density at radius 2 is 1.85 bits per heavy atom. The zero-order chi connectivity index (χ0) is 14.4. The van der Waals surface area contributed by atoms with E-state index in [1.54, 1.807) is 7.11 Å². The van der Waals surface area contributed by atoms with Gasteiger partial charge in [-0.2, -0.15) is 0 Å². The lowest BCUT2D eigenvalue weighted by molar-refractivity contribution is 0.0669. The highest BCUT2D eigenvalue weighted by Crippen LogP contribution is 2.24. The maximum atomic E-state index is 11.1. The molecule has 5 heteroatoms. The number of carbonyl (C=O) groups excluding carboxylic acids is 1. The van der Waals surface area contributed by atoms with Crippen molar-refractivity contribution in [1.82, 2.24) is 0 Å². The Bertz CT molecular complexity index is 433. The van der Waals surface area contributed by atoms with Crippen LogP contribution < -0.4 is 10.6 Å². The number of hydrogen-bond acceptors (Lipinski definition) is 4. The monoisotopic (exact) mass is 278 g/mol. The smallest absolute Gasteiger partial charge is 0.411 e. The maximum Gasteiger partial charge on any atom is 0.411 e. The molecule has 1 fully saturated rings. The van der Waals surface area contributed by atoms with Crippen LogP contribution in [0.2, 0.25) is 0 Å². The first-order chi connectivity index (χ1) is 9.71. The average Bonchev–Trinajstić information content (AvgIpc) is 2.49. The third-order valence-electron chi connectivity index (χ3n) is 3.65. The minimum absolute atomic E-state index is 0.363. The highest BCUT2D eigenvalue weighted by Gasteiger charge is 2.21. The normalized spacial score (nSPS) is 22.1. The number of ether oxygens (including phenoxy) is 2. The highest BCUT2D eigenvalue weighted by atomic mass is 16.5. The Labute approximate surface area is 119 Å². The van der Waals surface area contributed by atoms with Gasteiger partial charge in [-0.3, -0.25) is 5.32 Å². The van der Waals surface area contributed by atoms with E-state index in [0.717, 1.165) is 24.2 Å². The Balaban J connectivity index is 1.88. The molecule has 2 N–H and O–H groups in total. The molecule has 1 saturated carbocycles. The van der Waals surface area contributed by atoms with Gasteiger partial charge in [-0.05, 0) is 49.9 Å². The van der Waals surface area contributed by atoms with Crippen LogP contribution >= 0.6 is 0 Å². The summed E-state index contributed by atoms with van der Waals surface area (Å²) in [4.78, 5) is 11.1. The highest BCUT2D eigenvalue weighted by molar-refractivity contribution is 5.84. The van der Waals surface area contributed by atoms with E-state index in [2.05, 4.69) is 15.4 Å². The summed E-state index contributed by atoms with van der Waals surface area (Å²) in [5.41, 5.74) is 1.78. The summed E-state index contributed by atoms with van der Waals surface area (Å²) in [6.07, 6.45) is 4.46. The molecule has 0 aliphatic heterocycles. The van der Waals surface area contributed by atoms with Crippen LogP contribution in [0.25, 0.3) is 0 Å². The Hall–Kier alpha value is -1.75. The van der Waals surface area contributed by atoms with E-state index >= 15 is 0 Å². The van der Waals surface area contributed by atoms with E-state index in [9.17, 15) is 4.79 Å². The van der Waals surface area contributed by atoms with Crippen LogP contribution in [0.1, 0.15) is 25.7 Å². The van der Waals surface area contributed by atoms with E-state index in [1.807, 2.05) is 24.3 Å². The minimum atomic E-state index is -0.457. The molecule has 1 aromatic carbocycles. The largest absolute Gasteiger partial charge is 0.453 e. The Morgan fingerprint density at radius 1 is 1.15 bits per heavy atom. The first kappa shape index (κ1) is 14.7. The van der Waals surface area contributed by atoms with E-state index in [0.29, 0.717) is 12.1 Å². The van der Waals surface area contributed by atoms with Crippen LogP contribution in [-0.2, 0) is 9.47 Å². The number of benzene rings is 1. The molecule has 0 heterocycles. The van der Waals surface area contributed by atoms with E-state index in [-0.39, 0.29) is 0 Å². The fourth-order valence-electron chi connectivity index (χ4n) is 2.54. The van der Waals surface area contributed by atoms with Gasteiger partial charge in [-0.25, -0.2) is 4.79 Å². The molecule has 1 aromatic rings. The number of carbonyl (C=O) groups is 1. The molecule has 2 atom stereocenters. The van der Waals surface area contributed by atoms with Crippen LogP contribution in [0.5, 0.6) is 0 Å². The lowest BCUT2D eigenvalue weighted by Gasteiger charge is -2.29. The average molecular weight is 278 g/mol. The molecule has 0 radical (unpaired) electrons. The second-order valence-electron chi connectivity index (χ2n) is 5.06. The summed E-state index contributed by atoms with van der Waals surface area (Å²) in [6.45, 7) is 0. The van der Waals surface area contributed by atoms with Crippen LogP contribution in [-0.4, -0.2) is 32.5 Å². The van der Waals surface area contributed by atoms with Crippen molar-refractivity contribution in [3.05, 3.63) is 24.3 Å². The molecule has 5 nitrogen and oxygen atoms in total. The number of amides is 1. The summed E-state index contributed by atoms with van der Waals surface area (Å²) in [7, 11) is 3.13. The predicted octanol–water partition coefficient (Wildman–Crippen LogP) is 3.23. The van der Waals surface area contributed by atoms with Gasteiger partial charge in [0.15, 0.2) is 0 Å². The first-order valence-corrected chi connectivity index (χ1v) is 6.95. The number of methoxy groups -OCH3 is 2. The van der Waals surface area contributed by atoms with Crippen molar-refractivity contribution in [3.8, 4) is 0 Å². The summed E-state index contributed by atoms with van der Waals surface area (Å²) in [5.74, 6) is 0. The van der Waals surface area contributed by atoms with Crippen molar-refractivity contribution in [2.75, 3.05) is 24.9 Å². The van der Waals surface area contributed by atoms with Crippen molar-refractivity contribution < 1.29 is 14.3 Å². The molecular weight excluding hydrogens is 256 g/mol. The summed E-state index contributed by atoms with van der Waals surface area (Å²) >= 11 is 0. The Morgan fingerprint density at radius 3 is 2.50 bits per heavy atom. The van der Waals surface area contributed by atoms with E-state index in [4.69, 9.17) is 4.74 Å². The number of nitrogens with one attached hydrogen (secondary N) is 2. The van der Waals surface area contributed by atoms with Crippen molar-refractivity contribution >= 4 is 17.5 Å². The van der Waals surface area contributed by atoms with Gasteiger partial charge in [0.2, 0.25) is 0 Å². The fourth-order valence-corrected chi connectivity index (χ4v) is 2.54. The molecule has 0 aromatic heterocycles. The van der Waals surface area contributed by atoms with Crippen molar-refractivity contribution in [2.24, 2.45) is 0 Å². The molecule has 1 aliphatic rings. The van der Waals surface area contributed by atoms with Crippen LogP contribution in [0.15, 0.2) is 24.3 Å². The lowest BCUT2D eigenvalue weighted by Crippen LogP contribution is -2.30. The van der Waals surface area contributed by atoms with E-state index in [1.165, 1.54) is 20.0 Å². The molecule has 1 amide bonds. The molecule has 20 heavy (non-hydrogen) atoms. The number of rotatable bonds is 4. The van der Waals surface area contributed by atoms with E-state index < -0.39 is 6.09 Å².